The molecule has 174 valence electrons. The van der Waals surface area contributed by atoms with Crippen LogP contribution in [-0.4, -0.2) is 33.0 Å². The third-order valence-electron chi connectivity index (χ3n) is 5.22. The van der Waals surface area contributed by atoms with Crippen molar-refractivity contribution >= 4 is 40.9 Å². The lowest BCUT2D eigenvalue weighted by Crippen LogP contribution is -2.33. The maximum absolute atomic E-state index is 12.7. The van der Waals surface area contributed by atoms with E-state index in [4.69, 9.17) is 37.8 Å². The van der Waals surface area contributed by atoms with Crippen LogP contribution in [0.15, 0.2) is 48.5 Å². The molecule has 10 heteroatoms. The molecule has 1 unspecified atom stereocenters. The summed E-state index contributed by atoms with van der Waals surface area (Å²) in [4.78, 5) is 32.1. The number of carbonyl (C=O) groups is 3. The third-order valence-corrected chi connectivity index (χ3v) is 5.84. The standard InChI is InChI=1S/C20H10Cl2O5.C4H6O3/c21-13-3-1-2-10-18(13)20(27-19(10)25)11-5-4-9(23)6-16(11)26-17-8-15(24)14(22)7-12(17)20;1-3(5)2-4(6)7/h1-8,23-24H;2H2,1H3,(H,6,7). The molecule has 0 fully saturated rings. The fourth-order valence-corrected chi connectivity index (χ4v) is 4.41. The number of rotatable bonds is 2. The van der Waals surface area contributed by atoms with E-state index in [2.05, 4.69) is 0 Å². The van der Waals surface area contributed by atoms with E-state index < -0.39 is 17.5 Å². The van der Waals surface area contributed by atoms with E-state index in [0.717, 1.165) is 0 Å². The monoisotopic (exact) mass is 502 g/mol. The molecule has 3 N–H and O–H groups in total. The first kappa shape index (κ1) is 23.4. The summed E-state index contributed by atoms with van der Waals surface area (Å²) >= 11 is 12.6. The summed E-state index contributed by atoms with van der Waals surface area (Å²) < 4.78 is 11.8. The highest BCUT2D eigenvalue weighted by molar-refractivity contribution is 6.33. The quantitative estimate of drug-likeness (QED) is 0.328. The first-order valence-electron chi connectivity index (χ1n) is 9.82. The molecule has 3 aromatic carbocycles. The highest BCUT2D eigenvalue weighted by Gasteiger charge is 2.55. The van der Waals surface area contributed by atoms with Crippen LogP contribution < -0.4 is 4.74 Å². The highest BCUT2D eigenvalue weighted by atomic mass is 35.5. The van der Waals surface area contributed by atoms with Gasteiger partial charge in [0.15, 0.2) is 5.60 Å². The SMILES string of the molecule is CC(=O)CC(=O)O.O=C1OC2(c3ccc(O)cc3Oc3cc(O)c(Cl)cc32)c2c(Cl)cccc21. The Balaban J connectivity index is 0.000000344. The summed E-state index contributed by atoms with van der Waals surface area (Å²) in [5.41, 5.74) is 0.325. The fourth-order valence-electron chi connectivity index (χ4n) is 3.94. The highest BCUT2D eigenvalue weighted by Crippen LogP contribution is 2.59. The van der Waals surface area contributed by atoms with Gasteiger partial charge in [0.25, 0.3) is 0 Å². The molecule has 2 aliphatic rings. The molecule has 1 spiro atoms. The first-order chi connectivity index (χ1) is 16.0. The number of carboxylic acid groups (broad SMARTS) is 1. The van der Waals surface area contributed by atoms with Crippen molar-refractivity contribution in [2.24, 2.45) is 0 Å². The minimum absolute atomic E-state index is 0.0192. The number of ether oxygens (including phenoxy) is 2. The Kier molecular flexibility index (Phi) is 5.89. The average Bonchev–Trinajstić information content (AvgIpc) is 3.03. The number of fused-ring (bicyclic) bond motifs is 6. The van der Waals surface area contributed by atoms with E-state index in [9.17, 15) is 24.6 Å². The first-order valence-corrected chi connectivity index (χ1v) is 10.6. The van der Waals surface area contributed by atoms with Gasteiger partial charge in [0, 0.05) is 33.8 Å². The van der Waals surface area contributed by atoms with Gasteiger partial charge in [0.05, 0.1) is 10.6 Å². The summed E-state index contributed by atoms with van der Waals surface area (Å²) in [5.74, 6) is -1.59. The molecule has 8 nitrogen and oxygen atoms in total. The number of aromatic hydroxyl groups is 2. The van der Waals surface area contributed by atoms with Crippen molar-refractivity contribution in [1.82, 2.24) is 0 Å². The number of halogens is 2. The van der Waals surface area contributed by atoms with Crippen molar-refractivity contribution in [2.75, 3.05) is 0 Å². The van der Waals surface area contributed by atoms with Crippen LogP contribution in [0.2, 0.25) is 10.0 Å². The van der Waals surface area contributed by atoms with Crippen LogP contribution in [0, 0.1) is 0 Å². The molecule has 0 aliphatic carbocycles. The Morgan fingerprint density at radius 2 is 1.68 bits per heavy atom. The van der Waals surface area contributed by atoms with Gasteiger partial charge in [0.1, 0.15) is 35.2 Å². The molecular formula is C24H16Cl2O8. The zero-order valence-corrected chi connectivity index (χ0v) is 19.0. The molecule has 0 amide bonds. The van der Waals surface area contributed by atoms with Crippen LogP contribution in [-0.2, 0) is 19.9 Å². The number of phenolic OH excluding ortho intramolecular Hbond substituents is 2. The second-order valence-electron chi connectivity index (χ2n) is 7.59. The molecule has 0 bridgehead atoms. The van der Waals surface area contributed by atoms with E-state index in [1.54, 1.807) is 24.3 Å². The predicted octanol–water partition coefficient (Wildman–Crippen LogP) is 5.02. The predicted molar refractivity (Wildman–Crippen MR) is 121 cm³/mol. The average molecular weight is 503 g/mol. The van der Waals surface area contributed by atoms with Gasteiger partial charge in [-0.1, -0.05) is 29.3 Å². The van der Waals surface area contributed by atoms with Crippen molar-refractivity contribution in [2.45, 2.75) is 18.9 Å². The van der Waals surface area contributed by atoms with Crippen molar-refractivity contribution in [3.8, 4) is 23.0 Å². The Bertz CT molecular complexity index is 1360. The van der Waals surface area contributed by atoms with Crippen LogP contribution in [0.4, 0.5) is 0 Å². The van der Waals surface area contributed by atoms with Gasteiger partial charge in [-0.2, -0.15) is 0 Å². The maximum Gasteiger partial charge on any atom is 0.340 e. The molecule has 1 atom stereocenters. The summed E-state index contributed by atoms with van der Waals surface area (Å²) in [6.45, 7) is 1.24. The van der Waals surface area contributed by atoms with Crippen molar-refractivity contribution in [3.63, 3.8) is 0 Å². The van der Waals surface area contributed by atoms with E-state index in [0.29, 0.717) is 27.3 Å². The smallest absolute Gasteiger partial charge is 0.340 e. The zero-order chi connectivity index (χ0) is 24.8. The molecule has 3 aromatic rings. The number of carbonyl (C=O) groups excluding carboxylic acids is 2. The van der Waals surface area contributed by atoms with Crippen LogP contribution in [0.3, 0.4) is 0 Å². The number of benzene rings is 3. The minimum Gasteiger partial charge on any atom is -0.508 e. The number of carboxylic acids is 1. The molecular weight excluding hydrogens is 487 g/mol. The Morgan fingerprint density at radius 3 is 2.32 bits per heavy atom. The number of hydrogen-bond acceptors (Lipinski definition) is 7. The molecule has 2 heterocycles. The number of phenols is 2. The number of hydrogen-bond donors (Lipinski definition) is 3. The van der Waals surface area contributed by atoms with Crippen LogP contribution in [0.25, 0.3) is 0 Å². The van der Waals surface area contributed by atoms with Gasteiger partial charge in [-0.25, -0.2) is 4.79 Å². The molecule has 34 heavy (non-hydrogen) atoms. The molecule has 2 aliphatic heterocycles. The topological polar surface area (TPSA) is 130 Å². The molecule has 0 aromatic heterocycles. The van der Waals surface area contributed by atoms with E-state index in [1.807, 2.05) is 0 Å². The van der Waals surface area contributed by atoms with Crippen LogP contribution >= 0.6 is 23.2 Å². The zero-order valence-electron chi connectivity index (χ0n) is 17.5. The second-order valence-corrected chi connectivity index (χ2v) is 8.40. The van der Waals surface area contributed by atoms with Crippen molar-refractivity contribution in [1.29, 1.82) is 0 Å². The number of aliphatic carboxylic acids is 1. The largest absolute Gasteiger partial charge is 0.508 e. The van der Waals surface area contributed by atoms with Gasteiger partial charge in [-0.3, -0.25) is 9.59 Å². The van der Waals surface area contributed by atoms with Gasteiger partial charge in [0.2, 0.25) is 0 Å². The van der Waals surface area contributed by atoms with E-state index >= 15 is 0 Å². The Labute approximate surface area is 202 Å². The van der Waals surface area contributed by atoms with Crippen LogP contribution in [0.1, 0.15) is 40.4 Å². The summed E-state index contributed by atoms with van der Waals surface area (Å²) in [6.07, 6.45) is -0.361. The number of ketones is 1. The summed E-state index contributed by atoms with van der Waals surface area (Å²) in [6, 6.07) is 12.3. The van der Waals surface area contributed by atoms with E-state index in [1.165, 1.54) is 31.2 Å². The normalized spacial score (nSPS) is 16.9. The second kappa shape index (κ2) is 8.55. The lowest BCUT2D eigenvalue weighted by molar-refractivity contribution is -0.139. The van der Waals surface area contributed by atoms with E-state index in [-0.39, 0.29) is 40.2 Å². The van der Waals surface area contributed by atoms with Gasteiger partial charge in [-0.05, 0) is 37.3 Å². The minimum atomic E-state index is -1.40. The van der Waals surface area contributed by atoms with Gasteiger partial charge in [-0.15, -0.1) is 0 Å². The van der Waals surface area contributed by atoms with Crippen LogP contribution in [0.5, 0.6) is 23.0 Å². The summed E-state index contributed by atoms with van der Waals surface area (Å²) in [5, 5.41) is 28.2. The van der Waals surface area contributed by atoms with Gasteiger partial charge >= 0.3 is 11.9 Å². The maximum atomic E-state index is 12.7. The number of esters is 1. The molecule has 0 saturated carbocycles. The lowest BCUT2D eigenvalue weighted by Gasteiger charge is -2.37. The van der Waals surface area contributed by atoms with Crippen molar-refractivity contribution < 1.29 is 39.2 Å². The summed E-state index contributed by atoms with van der Waals surface area (Å²) in [7, 11) is 0. The Hall–Kier alpha value is -3.75. The fraction of sp³-hybridized carbons (Fsp3) is 0.125. The number of Topliss-reactive ketones (excluding diaryl/α,β-unsaturated/α-hetero) is 1. The molecule has 0 saturated heterocycles. The van der Waals surface area contributed by atoms with Crippen molar-refractivity contribution in [3.05, 3.63) is 80.8 Å². The molecule has 0 radical (unpaired) electrons. The Morgan fingerprint density at radius 1 is 0.971 bits per heavy atom. The third kappa shape index (κ3) is 3.81. The lowest BCUT2D eigenvalue weighted by atomic mass is 9.77. The van der Waals surface area contributed by atoms with Gasteiger partial charge < -0.3 is 24.8 Å². The molecule has 5 rings (SSSR count).